The highest BCUT2D eigenvalue weighted by Gasteiger charge is 2.15. The summed E-state index contributed by atoms with van der Waals surface area (Å²) in [4.78, 5) is 19.4. The number of thiazole rings is 1. The molecule has 31 heavy (non-hydrogen) atoms. The second-order valence-electron chi connectivity index (χ2n) is 7.66. The number of hydrogen-bond donors (Lipinski definition) is 1. The van der Waals surface area contributed by atoms with Crippen molar-refractivity contribution in [2.24, 2.45) is 0 Å². The van der Waals surface area contributed by atoms with E-state index in [1.165, 1.54) is 29.0 Å². The van der Waals surface area contributed by atoms with Crippen LogP contribution < -0.4 is 19.7 Å². The maximum Gasteiger partial charge on any atom is 0.226 e. The molecule has 0 radical (unpaired) electrons. The minimum atomic E-state index is -0.0287. The number of nitrogens with one attached hydrogen (secondary N) is 1. The third-order valence-corrected chi connectivity index (χ3v) is 6.45. The van der Waals surface area contributed by atoms with Crippen LogP contribution in [0.1, 0.15) is 23.2 Å². The number of nitrogens with zero attached hydrogens (tertiary/aromatic N) is 2. The molecule has 0 fully saturated rings. The van der Waals surface area contributed by atoms with Crippen molar-refractivity contribution in [2.45, 2.75) is 25.8 Å². The van der Waals surface area contributed by atoms with E-state index in [0.29, 0.717) is 18.0 Å². The Kier molecular flexibility index (Phi) is 6.42. The van der Waals surface area contributed by atoms with Crippen molar-refractivity contribution in [2.75, 3.05) is 32.7 Å². The topological polar surface area (TPSA) is 63.7 Å². The summed E-state index contributed by atoms with van der Waals surface area (Å²) in [6.07, 6.45) is 2.53. The number of carbonyl (C=O) groups excluding carboxylic acids is 1. The molecule has 1 aromatic heterocycles. The van der Waals surface area contributed by atoms with E-state index in [2.05, 4.69) is 40.4 Å². The van der Waals surface area contributed by atoms with Gasteiger partial charge in [-0.3, -0.25) is 4.79 Å². The first-order valence-corrected chi connectivity index (χ1v) is 11.2. The van der Waals surface area contributed by atoms with Crippen LogP contribution in [0.4, 0.5) is 5.69 Å². The Labute approximate surface area is 186 Å². The normalized spacial score (nSPS) is 12.9. The molecule has 0 atom stereocenters. The van der Waals surface area contributed by atoms with Crippen LogP contribution in [-0.2, 0) is 24.2 Å². The van der Waals surface area contributed by atoms with Crippen LogP contribution in [0.3, 0.4) is 0 Å². The Morgan fingerprint density at radius 3 is 2.81 bits per heavy atom. The van der Waals surface area contributed by atoms with Crippen molar-refractivity contribution >= 4 is 22.9 Å². The fourth-order valence-corrected chi connectivity index (χ4v) is 4.68. The zero-order valence-electron chi connectivity index (χ0n) is 18.1. The van der Waals surface area contributed by atoms with Crippen LogP contribution in [0.5, 0.6) is 11.5 Å². The molecule has 1 amide bonds. The largest absolute Gasteiger partial charge is 0.493 e. The van der Waals surface area contributed by atoms with Gasteiger partial charge in [-0.05, 0) is 48.2 Å². The number of anilines is 1. The van der Waals surface area contributed by atoms with Gasteiger partial charge in [0.25, 0.3) is 0 Å². The molecule has 1 aliphatic rings. The predicted molar refractivity (Wildman–Crippen MR) is 124 cm³/mol. The number of benzene rings is 2. The van der Waals surface area contributed by atoms with Gasteiger partial charge < -0.3 is 19.7 Å². The second kappa shape index (κ2) is 9.39. The molecule has 2 aromatic carbocycles. The molecule has 7 heteroatoms. The van der Waals surface area contributed by atoms with Gasteiger partial charge in [0.15, 0.2) is 11.5 Å². The first-order valence-electron chi connectivity index (χ1n) is 10.3. The van der Waals surface area contributed by atoms with Gasteiger partial charge in [0, 0.05) is 36.8 Å². The Morgan fingerprint density at radius 2 is 2.00 bits per heavy atom. The molecule has 1 N–H and O–H groups in total. The Bertz CT molecular complexity index is 1080. The van der Waals surface area contributed by atoms with Gasteiger partial charge in [-0.1, -0.05) is 12.1 Å². The van der Waals surface area contributed by atoms with Gasteiger partial charge in [0.1, 0.15) is 5.01 Å². The van der Waals surface area contributed by atoms with E-state index in [1.807, 2.05) is 23.6 Å². The zero-order chi connectivity index (χ0) is 21.8. The van der Waals surface area contributed by atoms with Crippen molar-refractivity contribution in [3.8, 4) is 22.1 Å². The van der Waals surface area contributed by atoms with Gasteiger partial charge in [-0.25, -0.2) is 4.98 Å². The van der Waals surface area contributed by atoms with Gasteiger partial charge in [-0.15, -0.1) is 11.3 Å². The standard InChI is InChI=1S/C24H27N3O3S/c1-27-10-4-5-17-11-16(6-8-20(17)27)14-25-23(28)13-19-15-31-24(26-19)18-7-9-21(29-2)22(12-18)30-3/h6-9,11-12,15H,4-5,10,13-14H2,1-3H3,(H,25,28). The fourth-order valence-electron chi connectivity index (χ4n) is 3.87. The molecular weight excluding hydrogens is 410 g/mol. The van der Waals surface area contributed by atoms with Crippen molar-refractivity contribution in [1.82, 2.24) is 10.3 Å². The van der Waals surface area contributed by atoms with Gasteiger partial charge in [-0.2, -0.15) is 0 Å². The van der Waals surface area contributed by atoms with Gasteiger partial charge in [0.2, 0.25) is 5.91 Å². The summed E-state index contributed by atoms with van der Waals surface area (Å²) in [5.74, 6) is 1.31. The molecule has 1 aliphatic heterocycles. The van der Waals surface area contributed by atoms with Crippen molar-refractivity contribution in [3.05, 3.63) is 58.6 Å². The minimum absolute atomic E-state index is 0.0287. The number of aromatic nitrogens is 1. The lowest BCUT2D eigenvalue weighted by atomic mass is 9.99. The zero-order valence-corrected chi connectivity index (χ0v) is 18.9. The monoisotopic (exact) mass is 437 g/mol. The summed E-state index contributed by atoms with van der Waals surface area (Å²) in [7, 11) is 5.35. The van der Waals surface area contributed by atoms with Crippen LogP contribution in [0, 0.1) is 0 Å². The molecule has 3 aromatic rings. The van der Waals surface area contributed by atoms with Gasteiger partial charge >= 0.3 is 0 Å². The van der Waals surface area contributed by atoms with Crippen LogP contribution >= 0.6 is 11.3 Å². The van der Waals surface area contributed by atoms with E-state index >= 15 is 0 Å². The lowest BCUT2D eigenvalue weighted by Crippen LogP contribution is -2.26. The molecule has 0 bridgehead atoms. The molecule has 0 spiro atoms. The first-order chi connectivity index (χ1) is 15.1. The number of aryl methyl sites for hydroxylation is 1. The minimum Gasteiger partial charge on any atom is -0.493 e. The highest BCUT2D eigenvalue weighted by molar-refractivity contribution is 7.13. The van der Waals surface area contributed by atoms with E-state index in [4.69, 9.17) is 9.47 Å². The molecule has 2 heterocycles. The molecule has 0 aliphatic carbocycles. The molecule has 162 valence electrons. The number of rotatable bonds is 7. The van der Waals surface area contributed by atoms with E-state index in [0.717, 1.165) is 34.8 Å². The number of fused-ring (bicyclic) bond motifs is 1. The van der Waals surface area contributed by atoms with E-state index in [1.54, 1.807) is 14.2 Å². The van der Waals surface area contributed by atoms with Crippen molar-refractivity contribution in [1.29, 1.82) is 0 Å². The average Bonchev–Trinajstić information content (AvgIpc) is 3.25. The lowest BCUT2D eigenvalue weighted by molar-refractivity contribution is -0.120. The second-order valence-corrected chi connectivity index (χ2v) is 8.51. The third-order valence-electron chi connectivity index (χ3n) is 5.51. The number of amides is 1. The Morgan fingerprint density at radius 1 is 1.16 bits per heavy atom. The maximum absolute atomic E-state index is 12.5. The summed E-state index contributed by atoms with van der Waals surface area (Å²) in [6.45, 7) is 1.63. The van der Waals surface area contributed by atoms with E-state index in [9.17, 15) is 4.79 Å². The SMILES string of the molecule is COc1ccc(-c2nc(CC(=O)NCc3ccc4c(c3)CCCN4C)cs2)cc1OC. The molecule has 6 nitrogen and oxygen atoms in total. The number of methoxy groups -OCH3 is 2. The first kappa shape index (κ1) is 21.2. The smallest absolute Gasteiger partial charge is 0.226 e. The lowest BCUT2D eigenvalue weighted by Gasteiger charge is -2.27. The van der Waals surface area contributed by atoms with Crippen LogP contribution in [-0.4, -0.2) is 38.7 Å². The van der Waals surface area contributed by atoms with Crippen LogP contribution in [0.25, 0.3) is 10.6 Å². The molecule has 0 saturated carbocycles. The van der Waals surface area contributed by atoms with Crippen molar-refractivity contribution in [3.63, 3.8) is 0 Å². The average molecular weight is 438 g/mol. The Balaban J connectivity index is 1.36. The van der Waals surface area contributed by atoms with Crippen LogP contribution in [0.2, 0.25) is 0 Å². The van der Waals surface area contributed by atoms with E-state index < -0.39 is 0 Å². The number of carbonyl (C=O) groups is 1. The highest BCUT2D eigenvalue weighted by Crippen LogP contribution is 2.33. The summed E-state index contributed by atoms with van der Waals surface area (Å²) < 4.78 is 10.7. The molecular formula is C24H27N3O3S. The molecule has 0 saturated heterocycles. The summed E-state index contributed by atoms with van der Waals surface area (Å²) in [5, 5.41) is 5.80. The predicted octanol–water partition coefficient (Wildman–Crippen LogP) is 4.07. The molecule has 0 unspecified atom stereocenters. The fraction of sp³-hybridized carbons (Fsp3) is 0.333. The summed E-state index contributed by atoms with van der Waals surface area (Å²) in [5.41, 5.74) is 5.49. The van der Waals surface area contributed by atoms with Crippen molar-refractivity contribution < 1.29 is 14.3 Å². The van der Waals surface area contributed by atoms with E-state index in [-0.39, 0.29) is 12.3 Å². The summed E-state index contributed by atoms with van der Waals surface area (Å²) >= 11 is 1.52. The highest BCUT2D eigenvalue weighted by atomic mass is 32.1. The quantitative estimate of drug-likeness (QED) is 0.604. The molecule has 4 rings (SSSR count). The van der Waals surface area contributed by atoms with Crippen LogP contribution in [0.15, 0.2) is 41.8 Å². The summed E-state index contributed by atoms with van der Waals surface area (Å²) in [6, 6.07) is 12.2. The van der Waals surface area contributed by atoms with Gasteiger partial charge in [0.05, 0.1) is 26.3 Å². The number of hydrogen-bond acceptors (Lipinski definition) is 6. The third kappa shape index (κ3) is 4.82. The number of ether oxygens (including phenoxy) is 2. The Hall–Kier alpha value is -3.06. The maximum atomic E-state index is 12.5.